The maximum atomic E-state index is 12.5. The molecule has 1 rings (SSSR count). The number of halogens is 4. The lowest BCUT2D eigenvalue weighted by molar-refractivity contribution is -0.168. The van der Waals surface area contributed by atoms with Gasteiger partial charge in [0.1, 0.15) is 12.4 Å². The van der Waals surface area contributed by atoms with E-state index in [-0.39, 0.29) is 6.61 Å². The summed E-state index contributed by atoms with van der Waals surface area (Å²) in [6.45, 7) is -1.59. The monoisotopic (exact) mass is 267 g/mol. The van der Waals surface area contributed by atoms with Gasteiger partial charge in [0.05, 0.1) is 13.7 Å². The summed E-state index contributed by atoms with van der Waals surface area (Å²) in [6, 6.07) is 4.55. The summed E-state index contributed by atoms with van der Waals surface area (Å²) in [5.41, 5.74) is 6.38. The molecule has 7 heteroatoms. The van der Waals surface area contributed by atoms with Crippen LogP contribution in [-0.4, -0.2) is 26.1 Å². The van der Waals surface area contributed by atoms with E-state index in [1.165, 1.54) is 25.3 Å². The van der Waals surface area contributed by atoms with Gasteiger partial charge >= 0.3 is 12.3 Å². The van der Waals surface area contributed by atoms with Crippen molar-refractivity contribution < 1.29 is 27.0 Å². The van der Waals surface area contributed by atoms with Crippen molar-refractivity contribution in [3.8, 4) is 5.75 Å². The normalized spacial score (nSPS) is 11.9. The van der Waals surface area contributed by atoms with Gasteiger partial charge in [-0.05, 0) is 17.7 Å². The molecule has 0 saturated carbocycles. The Hall–Kier alpha value is -1.50. The fourth-order valence-electron chi connectivity index (χ4n) is 1.26. The molecular weight excluding hydrogens is 254 g/mol. The third-order valence-electron chi connectivity index (χ3n) is 2.11. The smallest absolute Gasteiger partial charge is 0.330 e. The molecule has 1 aromatic rings. The number of alkyl halides is 4. The average molecular weight is 267 g/mol. The Morgan fingerprint density at radius 2 is 1.94 bits per heavy atom. The molecule has 102 valence electrons. The van der Waals surface area contributed by atoms with Gasteiger partial charge in [-0.3, -0.25) is 0 Å². The molecule has 0 spiro atoms. The maximum Gasteiger partial charge on any atom is 0.330 e. The lowest BCUT2D eigenvalue weighted by Crippen LogP contribution is -2.32. The van der Waals surface area contributed by atoms with Gasteiger partial charge in [0, 0.05) is 11.8 Å². The third-order valence-corrected chi connectivity index (χ3v) is 2.11. The van der Waals surface area contributed by atoms with E-state index in [1.54, 1.807) is 0 Å². The van der Waals surface area contributed by atoms with Crippen LogP contribution in [0.1, 0.15) is 5.56 Å². The number of anilines is 1. The van der Waals surface area contributed by atoms with Crippen LogP contribution in [0.25, 0.3) is 0 Å². The Bertz CT molecular complexity index is 399. The molecule has 0 atom stereocenters. The molecule has 0 fully saturated rings. The van der Waals surface area contributed by atoms with Crippen LogP contribution in [0.3, 0.4) is 0 Å². The first-order chi connectivity index (χ1) is 8.35. The van der Waals surface area contributed by atoms with Gasteiger partial charge in [0.2, 0.25) is 0 Å². The molecule has 0 heterocycles. The van der Waals surface area contributed by atoms with Crippen molar-refractivity contribution in [1.29, 1.82) is 0 Å². The van der Waals surface area contributed by atoms with Crippen LogP contribution in [0.4, 0.5) is 23.2 Å². The Morgan fingerprint density at radius 3 is 2.50 bits per heavy atom. The lowest BCUT2D eigenvalue weighted by atomic mass is 10.2. The SMILES string of the molecule is COc1cc(N)cc(COCC(F)(F)C(F)F)c1. The fraction of sp³-hybridized carbons (Fsp3) is 0.455. The number of nitrogens with two attached hydrogens (primary N) is 1. The highest BCUT2D eigenvalue weighted by molar-refractivity contribution is 5.47. The minimum Gasteiger partial charge on any atom is -0.497 e. The molecule has 0 aliphatic carbocycles. The van der Waals surface area contributed by atoms with Crippen LogP contribution in [0.15, 0.2) is 18.2 Å². The van der Waals surface area contributed by atoms with E-state index in [4.69, 9.17) is 10.5 Å². The highest BCUT2D eigenvalue weighted by atomic mass is 19.3. The van der Waals surface area contributed by atoms with Gasteiger partial charge in [-0.1, -0.05) is 0 Å². The first kappa shape index (κ1) is 14.6. The molecule has 0 aliphatic heterocycles. The van der Waals surface area contributed by atoms with Crippen molar-refractivity contribution in [3.05, 3.63) is 23.8 Å². The summed E-state index contributed by atoms with van der Waals surface area (Å²) < 4.78 is 58.3. The summed E-state index contributed by atoms with van der Waals surface area (Å²) in [5, 5.41) is 0. The van der Waals surface area contributed by atoms with E-state index < -0.39 is 19.0 Å². The summed E-state index contributed by atoms with van der Waals surface area (Å²) in [6.07, 6.45) is -3.74. The number of rotatable bonds is 6. The number of hydrogen-bond donors (Lipinski definition) is 1. The summed E-state index contributed by atoms with van der Waals surface area (Å²) in [4.78, 5) is 0. The van der Waals surface area contributed by atoms with E-state index in [1.807, 2.05) is 0 Å². The molecule has 2 N–H and O–H groups in total. The Morgan fingerprint density at radius 1 is 1.28 bits per heavy atom. The third kappa shape index (κ3) is 4.06. The van der Waals surface area contributed by atoms with Crippen LogP contribution >= 0.6 is 0 Å². The largest absolute Gasteiger partial charge is 0.497 e. The summed E-state index contributed by atoms with van der Waals surface area (Å²) in [7, 11) is 1.42. The lowest BCUT2D eigenvalue weighted by Gasteiger charge is -2.15. The van der Waals surface area contributed by atoms with Crippen molar-refractivity contribution in [3.63, 3.8) is 0 Å². The van der Waals surface area contributed by atoms with Crippen molar-refractivity contribution in [2.75, 3.05) is 19.5 Å². The summed E-state index contributed by atoms with van der Waals surface area (Å²) >= 11 is 0. The minimum absolute atomic E-state index is 0.246. The molecule has 3 nitrogen and oxygen atoms in total. The van der Waals surface area contributed by atoms with Gasteiger partial charge in [0.15, 0.2) is 0 Å². The number of hydrogen-bond acceptors (Lipinski definition) is 3. The number of nitrogen functional groups attached to an aromatic ring is 1. The van der Waals surface area contributed by atoms with Gasteiger partial charge in [0.25, 0.3) is 0 Å². The Balaban J connectivity index is 2.56. The average Bonchev–Trinajstić information content (AvgIpc) is 2.27. The first-order valence-electron chi connectivity index (χ1n) is 5.02. The van der Waals surface area contributed by atoms with E-state index in [0.717, 1.165) is 0 Å². The molecular formula is C11H13F4NO2. The molecule has 0 unspecified atom stereocenters. The second kappa shape index (κ2) is 5.90. The van der Waals surface area contributed by atoms with E-state index in [9.17, 15) is 17.6 Å². The van der Waals surface area contributed by atoms with Crippen LogP contribution in [0, 0.1) is 0 Å². The van der Waals surface area contributed by atoms with Crippen molar-refractivity contribution in [2.45, 2.75) is 19.0 Å². The highest BCUT2D eigenvalue weighted by Crippen LogP contribution is 2.24. The van der Waals surface area contributed by atoms with Crippen LogP contribution < -0.4 is 10.5 Å². The Kier molecular flexibility index (Phi) is 4.77. The number of benzene rings is 1. The molecule has 0 aliphatic rings. The van der Waals surface area contributed by atoms with Crippen LogP contribution in [-0.2, 0) is 11.3 Å². The molecule has 18 heavy (non-hydrogen) atoms. The fourth-order valence-corrected chi connectivity index (χ4v) is 1.26. The molecule has 0 saturated heterocycles. The molecule has 0 radical (unpaired) electrons. The highest BCUT2D eigenvalue weighted by Gasteiger charge is 2.40. The molecule has 0 aromatic heterocycles. The maximum absolute atomic E-state index is 12.5. The predicted octanol–water partition coefficient (Wildman–Crippen LogP) is 2.69. The molecule has 0 bridgehead atoms. The van der Waals surface area contributed by atoms with Gasteiger partial charge in [-0.15, -0.1) is 0 Å². The first-order valence-corrected chi connectivity index (χ1v) is 5.02. The topological polar surface area (TPSA) is 44.5 Å². The van der Waals surface area contributed by atoms with E-state index >= 15 is 0 Å². The van der Waals surface area contributed by atoms with E-state index in [0.29, 0.717) is 17.0 Å². The van der Waals surface area contributed by atoms with Crippen molar-refractivity contribution in [2.24, 2.45) is 0 Å². The minimum atomic E-state index is -4.15. The van der Waals surface area contributed by atoms with Crippen molar-refractivity contribution in [1.82, 2.24) is 0 Å². The van der Waals surface area contributed by atoms with E-state index in [2.05, 4.69) is 4.74 Å². The molecule has 1 aromatic carbocycles. The summed E-state index contributed by atoms with van der Waals surface area (Å²) in [5.74, 6) is -3.71. The zero-order valence-corrected chi connectivity index (χ0v) is 9.63. The van der Waals surface area contributed by atoms with Crippen molar-refractivity contribution >= 4 is 5.69 Å². The van der Waals surface area contributed by atoms with Gasteiger partial charge < -0.3 is 15.2 Å². The standard InChI is InChI=1S/C11H13F4NO2/c1-17-9-3-7(2-8(16)4-9)5-18-6-11(14,15)10(12)13/h2-4,10H,5-6,16H2,1H3. The van der Waals surface area contributed by atoms with Crippen LogP contribution in [0.2, 0.25) is 0 Å². The second-order valence-electron chi connectivity index (χ2n) is 3.67. The van der Waals surface area contributed by atoms with Crippen LogP contribution in [0.5, 0.6) is 5.75 Å². The number of methoxy groups -OCH3 is 1. The van der Waals surface area contributed by atoms with Gasteiger partial charge in [-0.25, -0.2) is 8.78 Å². The quantitative estimate of drug-likeness (QED) is 0.636. The second-order valence-corrected chi connectivity index (χ2v) is 3.67. The predicted molar refractivity (Wildman–Crippen MR) is 58.0 cm³/mol. The molecule has 0 amide bonds. The Labute approximate surface area is 101 Å². The number of ether oxygens (including phenoxy) is 2. The zero-order valence-electron chi connectivity index (χ0n) is 9.63. The zero-order chi connectivity index (χ0) is 13.8. The van der Waals surface area contributed by atoms with Gasteiger partial charge in [-0.2, -0.15) is 8.78 Å².